The molecule has 1 aliphatic rings. The molecule has 6 heteroatoms. The lowest BCUT2D eigenvalue weighted by Crippen LogP contribution is -2.39. The van der Waals surface area contributed by atoms with E-state index < -0.39 is 0 Å². The Morgan fingerprint density at radius 2 is 1.80 bits per heavy atom. The van der Waals surface area contributed by atoms with Gasteiger partial charge in [-0.1, -0.05) is 55.0 Å². The van der Waals surface area contributed by atoms with Crippen LogP contribution in [0.1, 0.15) is 31.7 Å². The van der Waals surface area contributed by atoms with Crippen LogP contribution in [-0.2, 0) is 9.59 Å². The first kappa shape index (κ1) is 19.9. The molecule has 1 heterocycles. The van der Waals surface area contributed by atoms with Crippen molar-refractivity contribution in [2.75, 3.05) is 11.9 Å². The molecule has 0 atom stereocenters. The lowest BCUT2D eigenvalue weighted by atomic mass is 10.2. The molecule has 0 unspecified atom stereocenters. The minimum absolute atomic E-state index is 0.0134. The fraction of sp³-hybridized carbons (Fsp3) is 0.292. The zero-order valence-corrected chi connectivity index (χ0v) is 17.3. The van der Waals surface area contributed by atoms with Crippen LogP contribution in [0.15, 0.2) is 60.8 Å². The van der Waals surface area contributed by atoms with Gasteiger partial charge in [0.05, 0.1) is 5.69 Å². The summed E-state index contributed by atoms with van der Waals surface area (Å²) < 4.78 is 1.88. The summed E-state index contributed by atoms with van der Waals surface area (Å²) in [6.07, 6.45) is 4.26. The molecule has 1 saturated carbocycles. The Kier molecular flexibility index (Phi) is 5.65. The molecule has 0 radical (unpaired) electrons. The second-order valence-electron chi connectivity index (χ2n) is 7.68. The van der Waals surface area contributed by atoms with E-state index in [1.54, 1.807) is 4.90 Å². The zero-order valence-electron chi connectivity index (χ0n) is 17.3. The van der Waals surface area contributed by atoms with Crippen molar-refractivity contribution < 1.29 is 9.59 Å². The molecule has 4 rings (SSSR count). The van der Waals surface area contributed by atoms with Crippen molar-refractivity contribution in [2.45, 2.75) is 39.2 Å². The first-order valence-corrected chi connectivity index (χ1v) is 10.4. The Labute approximate surface area is 176 Å². The Morgan fingerprint density at radius 3 is 2.43 bits per heavy atom. The molecule has 0 aliphatic heterocycles. The fourth-order valence-corrected chi connectivity index (χ4v) is 3.45. The summed E-state index contributed by atoms with van der Waals surface area (Å²) in [5.41, 5.74) is 3.81. The molecular weight excluding hydrogens is 376 g/mol. The molecule has 0 saturated heterocycles. The monoisotopic (exact) mass is 402 g/mol. The maximum absolute atomic E-state index is 12.8. The Hall–Kier alpha value is -3.41. The summed E-state index contributed by atoms with van der Waals surface area (Å²) >= 11 is 0. The van der Waals surface area contributed by atoms with Crippen LogP contribution >= 0.6 is 0 Å². The van der Waals surface area contributed by atoms with Crippen molar-refractivity contribution >= 4 is 17.8 Å². The van der Waals surface area contributed by atoms with Crippen molar-refractivity contribution in [1.29, 1.82) is 0 Å². The average Bonchev–Trinajstić information content (AvgIpc) is 3.53. The topological polar surface area (TPSA) is 67.2 Å². The van der Waals surface area contributed by atoms with Gasteiger partial charge in [0.1, 0.15) is 6.54 Å². The van der Waals surface area contributed by atoms with Gasteiger partial charge in [-0.05, 0) is 31.9 Å². The van der Waals surface area contributed by atoms with Gasteiger partial charge in [0.25, 0.3) is 0 Å². The summed E-state index contributed by atoms with van der Waals surface area (Å²) in [5, 5.41) is 2.92. The Morgan fingerprint density at radius 1 is 1.10 bits per heavy atom. The van der Waals surface area contributed by atoms with Gasteiger partial charge in [0.15, 0.2) is 0 Å². The first-order chi connectivity index (χ1) is 14.5. The highest BCUT2D eigenvalue weighted by Crippen LogP contribution is 2.28. The predicted molar refractivity (Wildman–Crippen MR) is 117 cm³/mol. The molecule has 1 N–H and O–H groups in total. The quantitative estimate of drug-likeness (QED) is 0.644. The van der Waals surface area contributed by atoms with Gasteiger partial charge in [0.2, 0.25) is 17.8 Å². The SMILES string of the molecule is CCC(=O)N(CC(=O)Nc1nc(-c2ccccc2)cn1-c1ccc(C)cc1)C1CC1. The van der Waals surface area contributed by atoms with Crippen LogP contribution in [0.2, 0.25) is 0 Å². The number of nitrogens with zero attached hydrogens (tertiary/aromatic N) is 3. The number of benzene rings is 2. The van der Waals surface area contributed by atoms with Crippen LogP contribution < -0.4 is 5.32 Å². The number of imidazole rings is 1. The largest absolute Gasteiger partial charge is 0.330 e. The summed E-state index contributed by atoms with van der Waals surface area (Å²) in [6, 6.07) is 18.1. The third-order valence-corrected chi connectivity index (χ3v) is 5.26. The summed E-state index contributed by atoms with van der Waals surface area (Å²) in [7, 11) is 0. The van der Waals surface area contributed by atoms with E-state index in [1.807, 2.05) is 79.2 Å². The first-order valence-electron chi connectivity index (χ1n) is 10.4. The number of aryl methyl sites for hydroxylation is 1. The van der Waals surface area contributed by atoms with Gasteiger partial charge >= 0.3 is 0 Å². The van der Waals surface area contributed by atoms with Crippen LogP contribution in [-0.4, -0.2) is 38.9 Å². The molecular formula is C24H26N4O2. The Bertz CT molecular complexity index is 1040. The van der Waals surface area contributed by atoms with Crippen LogP contribution in [0.4, 0.5) is 5.95 Å². The lowest BCUT2D eigenvalue weighted by Gasteiger charge is -2.21. The van der Waals surface area contributed by atoms with E-state index in [9.17, 15) is 9.59 Å². The molecule has 3 aromatic rings. The molecule has 1 fully saturated rings. The maximum atomic E-state index is 12.8. The van der Waals surface area contributed by atoms with E-state index >= 15 is 0 Å². The second kappa shape index (κ2) is 8.53. The van der Waals surface area contributed by atoms with Gasteiger partial charge < -0.3 is 4.90 Å². The standard InChI is InChI=1S/C24H26N4O2/c1-3-23(30)27(19-13-14-19)16-22(29)26-24-25-21(18-7-5-4-6-8-18)15-28(24)20-11-9-17(2)10-12-20/h4-12,15,19H,3,13-14,16H2,1-2H3,(H,25,26,29). The van der Waals surface area contributed by atoms with Crippen LogP contribution in [0.5, 0.6) is 0 Å². The van der Waals surface area contributed by atoms with Crippen LogP contribution in [0.25, 0.3) is 16.9 Å². The van der Waals surface area contributed by atoms with Gasteiger partial charge in [-0.25, -0.2) is 4.98 Å². The lowest BCUT2D eigenvalue weighted by molar-refractivity contribution is -0.135. The highest BCUT2D eigenvalue weighted by atomic mass is 16.2. The third kappa shape index (κ3) is 4.43. The van der Waals surface area contributed by atoms with E-state index in [0.717, 1.165) is 35.3 Å². The van der Waals surface area contributed by atoms with Gasteiger partial charge in [-0.2, -0.15) is 0 Å². The van der Waals surface area contributed by atoms with E-state index in [4.69, 9.17) is 0 Å². The van der Waals surface area contributed by atoms with E-state index in [0.29, 0.717) is 12.4 Å². The zero-order chi connectivity index (χ0) is 21.1. The molecule has 0 spiro atoms. The number of anilines is 1. The number of carbonyl (C=O) groups excluding carboxylic acids is 2. The van der Waals surface area contributed by atoms with Crippen molar-refractivity contribution in [3.05, 3.63) is 66.4 Å². The van der Waals surface area contributed by atoms with Crippen molar-refractivity contribution in [2.24, 2.45) is 0 Å². The molecule has 1 aliphatic carbocycles. The molecule has 2 aromatic carbocycles. The molecule has 6 nitrogen and oxygen atoms in total. The molecule has 1 aromatic heterocycles. The van der Waals surface area contributed by atoms with Crippen molar-refractivity contribution in [1.82, 2.24) is 14.5 Å². The predicted octanol–water partition coefficient (Wildman–Crippen LogP) is 4.19. The van der Waals surface area contributed by atoms with Crippen molar-refractivity contribution in [3.8, 4) is 16.9 Å². The normalized spacial score (nSPS) is 13.1. The summed E-state index contributed by atoms with van der Waals surface area (Å²) in [4.78, 5) is 31.4. The van der Waals surface area contributed by atoms with E-state index in [-0.39, 0.29) is 24.4 Å². The van der Waals surface area contributed by atoms with Crippen LogP contribution in [0, 0.1) is 6.92 Å². The molecule has 0 bridgehead atoms. The van der Waals surface area contributed by atoms with Crippen molar-refractivity contribution in [3.63, 3.8) is 0 Å². The van der Waals surface area contributed by atoms with Crippen LogP contribution in [0.3, 0.4) is 0 Å². The highest BCUT2D eigenvalue weighted by Gasteiger charge is 2.33. The minimum atomic E-state index is -0.234. The van der Waals surface area contributed by atoms with E-state index in [2.05, 4.69) is 10.3 Å². The highest BCUT2D eigenvalue weighted by molar-refractivity contribution is 5.94. The molecule has 154 valence electrons. The smallest absolute Gasteiger partial charge is 0.246 e. The maximum Gasteiger partial charge on any atom is 0.246 e. The second-order valence-corrected chi connectivity index (χ2v) is 7.68. The number of carbonyl (C=O) groups is 2. The number of nitrogens with one attached hydrogen (secondary N) is 1. The number of hydrogen-bond acceptors (Lipinski definition) is 3. The van der Waals surface area contributed by atoms with Gasteiger partial charge in [-0.3, -0.25) is 19.5 Å². The number of aromatic nitrogens is 2. The Balaban J connectivity index is 1.62. The summed E-state index contributed by atoms with van der Waals surface area (Å²) in [5.74, 6) is 0.226. The summed E-state index contributed by atoms with van der Waals surface area (Å²) in [6.45, 7) is 3.91. The van der Waals surface area contributed by atoms with E-state index in [1.165, 1.54) is 0 Å². The number of hydrogen-bond donors (Lipinski definition) is 1. The van der Waals surface area contributed by atoms with Gasteiger partial charge in [0, 0.05) is 29.9 Å². The molecule has 2 amide bonds. The molecule has 30 heavy (non-hydrogen) atoms. The number of rotatable bonds is 7. The van der Waals surface area contributed by atoms with Gasteiger partial charge in [-0.15, -0.1) is 0 Å². The average molecular weight is 402 g/mol. The minimum Gasteiger partial charge on any atom is -0.330 e. The third-order valence-electron chi connectivity index (χ3n) is 5.26. The number of amides is 2. The fourth-order valence-electron chi connectivity index (χ4n) is 3.45.